The monoisotopic (exact) mass is 293 g/mol. The molecule has 2 rings (SSSR count). The summed E-state index contributed by atoms with van der Waals surface area (Å²) in [5.74, 6) is 0. The zero-order valence-electron chi connectivity index (χ0n) is 10.9. The quantitative estimate of drug-likeness (QED) is 0.863. The average molecular weight is 294 g/mol. The maximum atomic E-state index is 6.20. The van der Waals surface area contributed by atoms with Crippen LogP contribution >= 0.6 is 23.2 Å². The maximum Gasteiger partial charge on any atom is 0.0438 e. The second-order valence-electron chi connectivity index (χ2n) is 4.62. The van der Waals surface area contributed by atoms with Gasteiger partial charge in [-0.2, -0.15) is 0 Å². The Bertz CT molecular complexity index is 540. The lowest BCUT2D eigenvalue weighted by atomic mass is 9.99. The van der Waals surface area contributed by atoms with Crippen LogP contribution in [0.3, 0.4) is 0 Å². The molecule has 1 N–H and O–H groups in total. The molecule has 100 valence electrons. The molecule has 2 aromatic rings. The van der Waals surface area contributed by atoms with Crippen molar-refractivity contribution in [3.63, 3.8) is 0 Å². The average Bonchev–Trinajstić information content (AvgIpc) is 2.40. The van der Waals surface area contributed by atoms with Crippen molar-refractivity contribution in [3.8, 4) is 0 Å². The van der Waals surface area contributed by atoms with Gasteiger partial charge in [0.1, 0.15) is 0 Å². The Morgan fingerprint density at radius 1 is 1.00 bits per heavy atom. The Morgan fingerprint density at radius 2 is 1.79 bits per heavy atom. The number of benzene rings is 2. The molecule has 19 heavy (non-hydrogen) atoms. The third kappa shape index (κ3) is 4.24. The molecule has 0 saturated heterocycles. The van der Waals surface area contributed by atoms with Crippen molar-refractivity contribution in [2.75, 3.05) is 7.05 Å². The molecule has 2 aromatic carbocycles. The summed E-state index contributed by atoms with van der Waals surface area (Å²) in [4.78, 5) is 0. The topological polar surface area (TPSA) is 12.0 Å². The second kappa shape index (κ2) is 6.95. The highest BCUT2D eigenvalue weighted by Crippen LogP contribution is 2.19. The Labute approximate surface area is 124 Å². The summed E-state index contributed by atoms with van der Waals surface area (Å²) in [5.41, 5.74) is 2.41. The standard InChI is InChI=1S/C16H17Cl2N/c1-19-15(10-12-5-4-7-14(17)9-12)11-13-6-2-3-8-16(13)18/h2-9,15,19H,10-11H2,1H3. The van der Waals surface area contributed by atoms with Gasteiger partial charge in [-0.3, -0.25) is 0 Å². The predicted molar refractivity (Wildman–Crippen MR) is 83.2 cm³/mol. The second-order valence-corrected chi connectivity index (χ2v) is 5.46. The molecular weight excluding hydrogens is 277 g/mol. The van der Waals surface area contributed by atoms with E-state index in [9.17, 15) is 0 Å². The Balaban J connectivity index is 2.07. The van der Waals surface area contributed by atoms with E-state index in [1.54, 1.807) is 0 Å². The van der Waals surface area contributed by atoms with Crippen molar-refractivity contribution in [3.05, 3.63) is 69.7 Å². The summed E-state index contributed by atoms with van der Waals surface area (Å²) in [7, 11) is 1.98. The molecule has 1 atom stereocenters. The molecule has 0 aromatic heterocycles. The molecule has 0 aliphatic carbocycles. The van der Waals surface area contributed by atoms with Gasteiger partial charge in [0.05, 0.1) is 0 Å². The number of nitrogens with one attached hydrogen (secondary N) is 1. The van der Waals surface area contributed by atoms with Crippen LogP contribution in [0, 0.1) is 0 Å². The third-order valence-electron chi connectivity index (χ3n) is 3.20. The van der Waals surface area contributed by atoms with Crippen molar-refractivity contribution in [2.45, 2.75) is 18.9 Å². The van der Waals surface area contributed by atoms with E-state index >= 15 is 0 Å². The van der Waals surface area contributed by atoms with Crippen LogP contribution in [-0.4, -0.2) is 13.1 Å². The predicted octanol–water partition coefficient (Wildman–Crippen LogP) is 4.37. The number of hydrogen-bond donors (Lipinski definition) is 1. The third-order valence-corrected chi connectivity index (χ3v) is 3.81. The zero-order chi connectivity index (χ0) is 13.7. The first kappa shape index (κ1) is 14.4. The number of halogens is 2. The van der Waals surface area contributed by atoms with Crippen molar-refractivity contribution < 1.29 is 0 Å². The summed E-state index contributed by atoms with van der Waals surface area (Å²) in [5, 5.41) is 4.95. The fourth-order valence-corrected chi connectivity index (χ4v) is 2.58. The number of likely N-dealkylation sites (N-methyl/N-ethyl adjacent to an activating group) is 1. The van der Waals surface area contributed by atoms with E-state index in [1.165, 1.54) is 11.1 Å². The van der Waals surface area contributed by atoms with Crippen molar-refractivity contribution in [1.29, 1.82) is 0 Å². The van der Waals surface area contributed by atoms with E-state index in [0.29, 0.717) is 6.04 Å². The minimum Gasteiger partial charge on any atom is -0.316 e. The molecule has 0 amide bonds. The van der Waals surface area contributed by atoms with Crippen LogP contribution < -0.4 is 5.32 Å². The van der Waals surface area contributed by atoms with Crippen molar-refractivity contribution >= 4 is 23.2 Å². The first-order chi connectivity index (χ1) is 9.19. The van der Waals surface area contributed by atoms with E-state index in [1.807, 2.05) is 43.4 Å². The van der Waals surface area contributed by atoms with Crippen LogP contribution in [0.1, 0.15) is 11.1 Å². The highest BCUT2D eigenvalue weighted by atomic mass is 35.5. The molecule has 0 aliphatic heterocycles. The van der Waals surface area contributed by atoms with Gasteiger partial charge in [-0.25, -0.2) is 0 Å². The minimum absolute atomic E-state index is 0.346. The lowest BCUT2D eigenvalue weighted by molar-refractivity contribution is 0.556. The van der Waals surface area contributed by atoms with E-state index in [4.69, 9.17) is 23.2 Å². The van der Waals surface area contributed by atoms with Crippen molar-refractivity contribution in [2.24, 2.45) is 0 Å². The van der Waals surface area contributed by atoms with Gasteiger partial charge in [0.2, 0.25) is 0 Å². The lowest BCUT2D eigenvalue weighted by Crippen LogP contribution is -2.30. The molecule has 0 bridgehead atoms. The van der Waals surface area contributed by atoms with E-state index in [0.717, 1.165) is 22.9 Å². The van der Waals surface area contributed by atoms with Crippen LogP contribution in [0.5, 0.6) is 0 Å². The fourth-order valence-electron chi connectivity index (χ4n) is 2.15. The lowest BCUT2D eigenvalue weighted by Gasteiger charge is -2.17. The molecule has 0 fully saturated rings. The smallest absolute Gasteiger partial charge is 0.0438 e. The van der Waals surface area contributed by atoms with Gasteiger partial charge in [0.25, 0.3) is 0 Å². The van der Waals surface area contributed by atoms with Crippen LogP contribution in [0.15, 0.2) is 48.5 Å². The first-order valence-corrected chi connectivity index (χ1v) is 7.09. The molecule has 0 radical (unpaired) electrons. The van der Waals surface area contributed by atoms with E-state index in [-0.39, 0.29) is 0 Å². The summed E-state index contributed by atoms with van der Waals surface area (Å²) < 4.78 is 0. The summed E-state index contributed by atoms with van der Waals surface area (Å²) in [6, 6.07) is 16.3. The molecule has 0 heterocycles. The molecular formula is C16H17Cl2N. The summed E-state index contributed by atoms with van der Waals surface area (Å²) in [6.07, 6.45) is 1.84. The Morgan fingerprint density at radius 3 is 2.47 bits per heavy atom. The zero-order valence-corrected chi connectivity index (χ0v) is 12.4. The van der Waals surface area contributed by atoms with Gasteiger partial charge in [0.15, 0.2) is 0 Å². The number of hydrogen-bond acceptors (Lipinski definition) is 1. The van der Waals surface area contributed by atoms with Crippen LogP contribution in [0.2, 0.25) is 10.0 Å². The SMILES string of the molecule is CNC(Cc1cccc(Cl)c1)Cc1ccccc1Cl. The van der Waals surface area contributed by atoms with Gasteiger partial charge in [-0.15, -0.1) is 0 Å². The normalized spacial score (nSPS) is 12.4. The van der Waals surface area contributed by atoms with Crippen LogP contribution in [0.4, 0.5) is 0 Å². The van der Waals surface area contributed by atoms with Gasteiger partial charge in [-0.1, -0.05) is 53.5 Å². The van der Waals surface area contributed by atoms with Gasteiger partial charge < -0.3 is 5.32 Å². The van der Waals surface area contributed by atoms with E-state index in [2.05, 4.69) is 17.4 Å². The van der Waals surface area contributed by atoms with Crippen LogP contribution in [-0.2, 0) is 12.8 Å². The molecule has 1 unspecified atom stereocenters. The largest absolute Gasteiger partial charge is 0.316 e. The summed E-state index contributed by atoms with van der Waals surface area (Å²) >= 11 is 12.2. The number of rotatable bonds is 5. The van der Waals surface area contributed by atoms with Crippen molar-refractivity contribution in [1.82, 2.24) is 5.32 Å². The van der Waals surface area contributed by atoms with Gasteiger partial charge >= 0.3 is 0 Å². The first-order valence-electron chi connectivity index (χ1n) is 6.34. The van der Waals surface area contributed by atoms with Gasteiger partial charge in [-0.05, 0) is 49.2 Å². The fraction of sp³-hybridized carbons (Fsp3) is 0.250. The summed E-state index contributed by atoms with van der Waals surface area (Å²) in [6.45, 7) is 0. The van der Waals surface area contributed by atoms with Crippen LogP contribution in [0.25, 0.3) is 0 Å². The molecule has 0 spiro atoms. The molecule has 3 heteroatoms. The van der Waals surface area contributed by atoms with E-state index < -0.39 is 0 Å². The Kier molecular flexibility index (Phi) is 5.26. The van der Waals surface area contributed by atoms with Gasteiger partial charge in [0, 0.05) is 16.1 Å². The molecule has 0 aliphatic rings. The highest BCUT2D eigenvalue weighted by Gasteiger charge is 2.10. The maximum absolute atomic E-state index is 6.20. The molecule has 0 saturated carbocycles. The minimum atomic E-state index is 0.346. The Hall–Kier alpha value is -1.02. The highest BCUT2D eigenvalue weighted by molar-refractivity contribution is 6.31. The molecule has 1 nitrogen and oxygen atoms in total.